The molecule has 1 heterocycles. The predicted octanol–water partition coefficient (Wildman–Crippen LogP) is 6.33. The van der Waals surface area contributed by atoms with Crippen molar-refractivity contribution < 1.29 is 28.7 Å². The number of ether oxygens (including phenoxy) is 2. The Hall–Kier alpha value is -4.61. The van der Waals surface area contributed by atoms with Crippen LogP contribution < -0.4 is 31.3 Å². The number of anilines is 2. The van der Waals surface area contributed by atoms with Gasteiger partial charge in [0.05, 0.1) is 24.5 Å². The Kier molecular flexibility index (Phi) is 13.5. The minimum atomic E-state index is -0.906. The molecule has 0 spiro atoms. The van der Waals surface area contributed by atoms with Crippen LogP contribution >= 0.6 is 11.6 Å². The zero-order valence-corrected chi connectivity index (χ0v) is 31.0. The van der Waals surface area contributed by atoms with E-state index in [9.17, 15) is 19.2 Å². The fourth-order valence-corrected chi connectivity index (χ4v) is 6.15. The van der Waals surface area contributed by atoms with Crippen LogP contribution in [0.5, 0.6) is 5.75 Å². The number of carbonyl (C=O) groups is 4. The zero-order valence-electron chi connectivity index (χ0n) is 30.3. The smallest absolute Gasteiger partial charge is 0.407 e. The predicted molar refractivity (Wildman–Crippen MR) is 203 cm³/mol. The molecule has 3 aromatic carbocycles. The standard InChI is InChI=1S/C39H50ClN5O6/c1-24(2)35(41)37(48)43-30(13-9-10-20-42-38(49)51-39(3,4)5)36(47)44-31-21-32-34(29-12-8-7-11-28(29)31)26(22-40)23-45(32)33(46)19-16-25-14-17-27(50-6)18-15-25/h7-8,11-12,14-19,21,24,26,30,35H,9-10,13,20,22-23,41H2,1-6H3,(H,42,49)(H,43,48)(H,44,47)/b19-16+/t26?,30-,35-/m0/s1. The number of halogens is 1. The average molecular weight is 720 g/mol. The quantitative estimate of drug-likeness (QED) is 0.0863. The Morgan fingerprint density at radius 1 is 1.02 bits per heavy atom. The average Bonchev–Trinajstić information content (AvgIpc) is 3.47. The third-order valence-electron chi connectivity index (χ3n) is 8.65. The van der Waals surface area contributed by atoms with E-state index in [4.69, 9.17) is 26.8 Å². The maximum atomic E-state index is 14.0. The first-order valence-electron chi connectivity index (χ1n) is 17.3. The van der Waals surface area contributed by atoms with Gasteiger partial charge in [0, 0.05) is 36.3 Å². The summed E-state index contributed by atoms with van der Waals surface area (Å²) in [4.78, 5) is 54.4. The van der Waals surface area contributed by atoms with Crippen molar-refractivity contribution >= 4 is 63.6 Å². The van der Waals surface area contributed by atoms with Gasteiger partial charge in [0.1, 0.15) is 17.4 Å². The summed E-state index contributed by atoms with van der Waals surface area (Å²) in [5, 5.41) is 10.3. The number of hydrogen-bond acceptors (Lipinski definition) is 7. The summed E-state index contributed by atoms with van der Waals surface area (Å²) in [5.74, 6) is -0.298. The number of amides is 4. The van der Waals surface area contributed by atoms with Crippen molar-refractivity contribution in [2.75, 3.05) is 36.3 Å². The van der Waals surface area contributed by atoms with Crippen LogP contribution in [0.15, 0.2) is 60.7 Å². The molecule has 5 N–H and O–H groups in total. The Morgan fingerprint density at radius 2 is 1.71 bits per heavy atom. The summed E-state index contributed by atoms with van der Waals surface area (Å²) in [6.45, 7) is 9.77. The van der Waals surface area contributed by atoms with Gasteiger partial charge in [-0.05, 0) is 86.7 Å². The van der Waals surface area contributed by atoms with Gasteiger partial charge in [-0.3, -0.25) is 14.4 Å². The van der Waals surface area contributed by atoms with Crippen LogP contribution in [0.4, 0.5) is 16.2 Å². The van der Waals surface area contributed by atoms with E-state index >= 15 is 0 Å². The van der Waals surface area contributed by atoms with Crippen molar-refractivity contribution in [2.45, 2.75) is 77.5 Å². The van der Waals surface area contributed by atoms with Gasteiger partial charge in [-0.1, -0.05) is 50.2 Å². The fourth-order valence-electron chi connectivity index (χ4n) is 5.89. The van der Waals surface area contributed by atoms with Crippen molar-refractivity contribution in [3.8, 4) is 5.75 Å². The lowest BCUT2D eigenvalue weighted by atomic mass is 9.94. The second-order valence-corrected chi connectivity index (χ2v) is 14.4. The van der Waals surface area contributed by atoms with Crippen LogP contribution in [0.3, 0.4) is 0 Å². The molecule has 0 aliphatic carbocycles. The monoisotopic (exact) mass is 719 g/mol. The lowest BCUT2D eigenvalue weighted by Crippen LogP contribution is -2.51. The molecule has 51 heavy (non-hydrogen) atoms. The third kappa shape index (κ3) is 10.5. The van der Waals surface area contributed by atoms with Crippen molar-refractivity contribution in [1.29, 1.82) is 0 Å². The highest BCUT2D eigenvalue weighted by Gasteiger charge is 2.34. The minimum Gasteiger partial charge on any atom is -0.497 e. The Labute approximate surface area is 305 Å². The molecule has 0 bridgehead atoms. The van der Waals surface area contributed by atoms with Crippen LogP contribution in [-0.2, 0) is 19.1 Å². The normalized spacial score (nSPS) is 15.4. The van der Waals surface area contributed by atoms with Gasteiger partial charge in [-0.2, -0.15) is 0 Å². The van der Waals surface area contributed by atoms with E-state index in [0.29, 0.717) is 49.6 Å². The van der Waals surface area contributed by atoms with Crippen molar-refractivity contribution in [3.63, 3.8) is 0 Å². The lowest BCUT2D eigenvalue weighted by molar-refractivity contribution is -0.128. The maximum absolute atomic E-state index is 14.0. The number of fused-ring (bicyclic) bond motifs is 3. The van der Waals surface area contributed by atoms with E-state index in [-0.39, 0.29) is 17.7 Å². The number of nitrogens with zero attached hydrogens (tertiary/aromatic N) is 1. The van der Waals surface area contributed by atoms with Gasteiger partial charge < -0.3 is 36.1 Å². The molecule has 4 amide bonds. The van der Waals surface area contributed by atoms with Gasteiger partial charge in [-0.15, -0.1) is 11.6 Å². The first-order valence-corrected chi connectivity index (χ1v) is 17.8. The Balaban J connectivity index is 1.58. The molecule has 12 heteroatoms. The molecule has 274 valence electrons. The molecule has 0 radical (unpaired) electrons. The van der Waals surface area contributed by atoms with Crippen molar-refractivity contribution in [1.82, 2.24) is 10.6 Å². The SMILES string of the molecule is COc1ccc(/C=C/C(=O)N2CC(CCl)c3c2cc(NC(=O)[C@H](CCCCNC(=O)OC(C)(C)C)NC(=O)[C@@H](N)C(C)C)c2ccccc32)cc1. The number of unbranched alkanes of at least 4 members (excludes halogenated alkanes) is 1. The van der Waals surface area contributed by atoms with Crippen LogP contribution in [0.25, 0.3) is 16.8 Å². The molecule has 11 nitrogen and oxygen atoms in total. The number of hydrogen-bond donors (Lipinski definition) is 4. The van der Waals surface area contributed by atoms with E-state index in [0.717, 1.165) is 27.6 Å². The van der Waals surface area contributed by atoms with Crippen LogP contribution in [0.2, 0.25) is 0 Å². The second-order valence-electron chi connectivity index (χ2n) is 14.1. The van der Waals surface area contributed by atoms with E-state index in [1.165, 1.54) is 6.08 Å². The van der Waals surface area contributed by atoms with Crippen LogP contribution in [-0.4, -0.2) is 67.6 Å². The second kappa shape index (κ2) is 17.5. The summed E-state index contributed by atoms with van der Waals surface area (Å²) in [6.07, 6.45) is 4.13. The summed E-state index contributed by atoms with van der Waals surface area (Å²) < 4.78 is 10.5. The summed E-state index contributed by atoms with van der Waals surface area (Å²) in [5.41, 5.74) is 8.47. The number of alkyl halides is 1. The van der Waals surface area contributed by atoms with E-state index in [1.54, 1.807) is 38.9 Å². The first-order chi connectivity index (χ1) is 24.2. The number of carbonyl (C=O) groups excluding carboxylic acids is 4. The molecular formula is C39H50ClN5O6. The summed E-state index contributed by atoms with van der Waals surface area (Å²) in [7, 11) is 1.60. The first kappa shape index (κ1) is 39.2. The minimum absolute atomic E-state index is 0.117. The third-order valence-corrected chi connectivity index (χ3v) is 9.03. The zero-order chi connectivity index (χ0) is 37.3. The molecular weight excluding hydrogens is 670 g/mol. The summed E-state index contributed by atoms with van der Waals surface area (Å²) in [6, 6.07) is 15.2. The molecule has 1 aliphatic heterocycles. The lowest BCUT2D eigenvalue weighted by Gasteiger charge is -2.23. The molecule has 0 saturated carbocycles. The molecule has 4 rings (SSSR count). The van der Waals surface area contributed by atoms with E-state index in [2.05, 4.69) is 16.0 Å². The number of alkyl carbamates (subject to hydrolysis) is 1. The van der Waals surface area contributed by atoms with Gasteiger partial charge in [-0.25, -0.2) is 4.79 Å². The molecule has 1 unspecified atom stereocenters. The number of benzene rings is 3. The van der Waals surface area contributed by atoms with Gasteiger partial charge in [0.25, 0.3) is 5.91 Å². The van der Waals surface area contributed by atoms with Crippen LogP contribution in [0.1, 0.15) is 70.9 Å². The molecule has 0 fully saturated rings. The van der Waals surface area contributed by atoms with Gasteiger partial charge >= 0.3 is 6.09 Å². The van der Waals surface area contributed by atoms with Crippen molar-refractivity contribution in [2.24, 2.45) is 11.7 Å². The van der Waals surface area contributed by atoms with E-state index in [1.807, 2.05) is 68.4 Å². The Morgan fingerprint density at radius 3 is 2.33 bits per heavy atom. The number of rotatable bonds is 14. The number of methoxy groups -OCH3 is 1. The highest BCUT2D eigenvalue weighted by molar-refractivity contribution is 6.19. The van der Waals surface area contributed by atoms with E-state index < -0.39 is 35.6 Å². The highest BCUT2D eigenvalue weighted by atomic mass is 35.5. The summed E-state index contributed by atoms with van der Waals surface area (Å²) >= 11 is 6.47. The Bertz CT molecular complexity index is 1740. The largest absolute Gasteiger partial charge is 0.497 e. The number of nitrogens with one attached hydrogen (secondary N) is 3. The highest BCUT2D eigenvalue weighted by Crippen LogP contribution is 2.45. The van der Waals surface area contributed by atoms with Crippen LogP contribution in [0, 0.1) is 5.92 Å². The topological polar surface area (TPSA) is 152 Å². The fraction of sp³-hybridized carbons (Fsp3) is 0.436. The van der Waals surface area contributed by atoms with Crippen molar-refractivity contribution in [3.05, 3.63) is 71.8 Å². The van der Waals surface area contributed by atoms with Gasteiger partial charge in [0.2, 0.25) is 11.8 Å². The van der Waals surface area contributed by atoms with Gasteiger partial charge in [0.15, 0.2) is 0 Å². The molecule has 0 saturated heterocycles. The molecule has 1 aliphatic rings. The number of nitrogens with two attached hydrogens (primary N) is 1. The maximum Gasteiger partial charge on any atom is 0.407 e. The molecule has 3 atom stereocenters. The molecule has 0 aromatic heterocycles. The molecule has 3 aromatic rings.